The highest BCUT2D eigenvalue weighted by Gasteiger charge is 2.13. The molecule has 0 fully saturated rings. The monoisotopic (exact) mass is 275 g/mol. The molecule has 0 saturated heterocycles. The SMILES string of the molecule is Cc1cccc(-n2c(N)nc3cc(F)c(Cl)cc32)c1. The molecule has 0 aliphatic rings. The summed E-state index contributed by atoms with van der Waals surface area (Å²) in [5, 5.41) is 0.0568. The van der Waals surface area contributed by atoms with Gasteiger partial charge in [0.15, 0.2) is 0 Å². The van der Waals surface area contributed by atoms with Gasteiger partial charge in [-0.25, -0.2) is 9.37 Å². The van der Waals surface area contributed by atoms with Crippen LogP contribution in [0.5, 0.6) is 0 Å². The maximum Gasteiger partial charge on any atom is 0.205 e. The molecule has 0 unspecified atom stereocenters. The van der Waals surface area contributed by atoms with Crippen molar-refractivity contribution >= 4 is 28.6 Å². The van der Waals surface area contributed by atoms with Crippen LogP contribution in [0.25, 0.3) is 16.7 Å². The minimum atomic E-state index is -0.497. The van der Waals surface area contributed by atoms with Gasteiger partial charge in [-0.15, -0.1) is 0 Å². The first-order valence-corrected chi connectivity index (χ1v) is 6.14. The van der Waals surface area contributed by atoms with Crippen LogP contribution in [0.4, 0.5) is 10.3 Å². The van der Waals surface area contributed by atoms with Crippen molar-refractivity contribution in [2.24, 2.45) is 0 Å². The van der Waals surface area contributed by atoms with Gasteiger partial charge in [0.1, 0.15) is 5.82 Å². The van der Waals surface area contributed by atoms with Crippen molar-refractivity contribution in [3.05, 3.63) is 52.8 Å². The summed E-state index contributed by atoms with van der Waals surface area (Å²) in [4.78, 5) is 4.16. The molecule has 3 nitrogen and oxygen atoms in total. The number of nitrogens with two attached hydrogens (primary N) is 1. The Labute approximate surface area is 114 Å². The Kier molecular flexibility index (Phi) is 2.68. The van der Waals surface area contributed by atoms with Crippen LogP contribution in [0.15, 0.2) is 36.4 Å². The number of hydrogen-bond acceptors (Lipinski definition) is 2. The predicted octanol–water partition coefficient (Wildman–Crippen LogP) is 3.71. The molecule has 0 aliphatic carbocycles. The second-order valence-corrected chi connectivity index (χ2v) is 4.81. The summed E-state index contributed by atoms with van der Waals surface area (Å²) in [6.45, 7) is 1.99. The normalized spacial score (nSPS) is 11.1. The molecule has 19 heavy (non-hydrogen) atoms. The van der Waals surface area contributed by atoms with E-state index < -0.39 is 5.82 Å². The van der Waals surface area contributed by atoms with Crippen LogP contribution >= 0.6 is 11.6 Å². The van der Waals surface area contributed by atoms with E-state index in [0.717, 1.165) is 11.3 Å². The molecular formula is C14H11ClFN3. The summed E-state index contributed by atoms with van der Waals surface area (Å²) >= 11 is 5.83. The first-order chi connectivity index (χ1) is 9.06. The Morgan fingerprint density at radius 3 is 2.79 bits per heavy atom. The van der Waals surface area contributed by atoms with Gasteiger partial charge in [0.25, 0.3) is 0 Å². The smallest absolute Gasteiger partial charge is 0.205 e. The molecule has 0 bridgehead atoms. The molecule has 3 rings (SSSR count). The molecular weight excluding hydrogens is 265 g/mol. The molecule has 1 aromatic heterocycles. The van der Waals surface area contributed by atoms with E-state index >= 15 is 0 Å². The maximum atomic E-state index is 13.4. The molecule has 0 spiro atoms. The van der Waals surface area contributed by atoms with Crippen LogP contribution < -0.4 is 5.73 Å². The van der Waals surface area contributed by atoms with Crippen molar-refractivity contribution in [1.29, 1.82) is 0 Å². The van der Waals surface area contributed by atoms with E-state index in [1.54, 1.807) is 4.57 Å². The fourth-order valence-corrected chi connectivity index (χ4v) is 2.29. The Morgan fingerprint density at radius 2 is 2.05 bits per heavy atom. The van der Waals surface area contributed by atoms with Gasteiger partial charge in [0, 0.05) is 11.8 Å². The zero-order valence-corrected chi connectivity index (χ0v) is 10.9. The molecule has 1 heterocycles. The van der Waals surface area contributed by atoms with E-state index in [-0.39, 0.29) is 5.02 Å². The van der Waals surface area contributed by atoms with Crippen molar-refractivity contribution < 1.29 is 4.39 Å². The number of fused-ring (bicyclic) bond motifs is 1. The number of halogens is 2. The minimum absolute atomic E-state index is 0.0568. The van der Waals surface area contributed by atoms with Crippen LogP contribution in [0.3, 0.4) is 0 Å². The number of hydrogen-bond donors (Lipinski definition) is 1. The molecule has 2 N–H and O–H groups in total. The van der Waals surface area contributed by atoms with Crippen LogP contribution in [-0.2, 0) is 0 Å². The first kappa shape index (κ1) is 12.0. The van der Waals surface area contributed by atoms with Crippen molar-refractivity contribution in [3.8, 4) is 5.69 Å². The van der Waals surface area contributed by atoms with Gasteiger partial charge >= 0.3 is 0 Å². The highest BCUT2D eigenvalue weighted by Crippen LogP contribution is 2.27. The average Bonchev–Trinajstić information content (AvgIpc) is 2.65. The average molecular weight is 276 g/mol. The molecule has 0 saturated carbocycles. The number of rotatable bonds is 1. The van der Waals surface area contributed by atoms with Crippen molar-refractivity contribution in [2.75, 3.05) is 5.73 Å². The van der Waals surface area contributed by atoms with E-state index in [1.807, 2.05) is 31.2 Å². The van der Waals surface area contributed by atoms with Crippen molar-refractivity contribution in [1.82, 2.24) is 9.55 Å². The number of imidazole rings is 1. The van der Waals surface area contributed by atoms with Crippen molar-refractivity contribution in [3.63, 3.8) is 0 Å². The zero-order chi connectivity index (χ0) is 13.6. The number of nitrogen functional groups attached to an aromatic ring is 1. The highest BCUT2D eigenvalue weighted by atomic mass is 35.5. The molecule has 0 amide bonds. The van der Waals surface area contributed by atoms with E-state index in [2.05, 4.69) is 4.98 Å². The third-order valence-electron chi connectivity index (χ3n) is 2.98. The van der Waals surface area contributed by atoms with Gasteiger partial charge in [-0.05, 0) is 30.7 Å². The first-order valence-electron chi connectivity index (χ1n) is 5.76. The summed E-state index contributed by atoms with van der Waals surface area (Å²) in [5.74, 6) is -0.190. The second kappa shape index (κ2) is 4.24. The molecule has 96 valence electrons. The largest absolute Gasteiger partial charge is 0.369 e. The summed E-state index contributed by atoms with van der Waals surface area (Å²) in [5.41, 5.74) is 9.08. The lowest BCUT2D eigenvalue weighted by Gasteiger charge is -2.07. The lowest BCUT2D eigenvalue weighted by molar-refractivity contribution is 0.630. The number of aryl methyl sites for hydroxylation is 1. The lowest BCUT2D eigenvalue weighted by Crippen LogP contribution is -2.00. The third kappa shape index (κ3) is 1.94. The predicted molar refractivity (Wildman–Crippen MR) is 75.2 cm³/mol. The molecule has 2 aromatic carbocycles. The van der Waals surface area contributed by atoms with Crippen molar-refractivity contribution in [2.45, 2.75) is 6.92 Å². The van der Waals surface area contributed by atoms with E-state index in [1.165, 1.54) is 12.1 Å². The molecule has 0 aliphatic heterocycles. The van der Waals surface area contributed by atoms with Crippen LogP contribution in [-0.4, -0.2) is 9.55 Å². The number of benzene rings is 2. The minimum Gasteiger partial charge on any atom is -0.369 e. The van der Waals surface area contributed by atoms with Gasteiger partial charge in [0.2, 0.25) is 5.95 Å². The summed E-state index contributed by atoms with van der Waals surface area (Å²) < 4.78 is 15.2. The number of anilines is 1. The van der Waals surface area contributed by atoms with Gasteiger partial charge < -0.3 is 5.73 Å². The molecule has 0 radical (unpaired) electrons. The van der Waals surface area contributed by atoms with Crippen LogP contribution in [0.1, 0.15) is 5.56 Å². The van der Waals surface area contributed by atoms with E-state index in [9.17, 15) is 4.39 Å². The van der Waals surface area contributed by atoms with Gasteiger partial charge in [-0.2, -0.15) is 0 Å². The van der Waals surface area contributed by atoms with Crippen LogP contribution in [0.2, 0.25) is 5.02 Å². The van der Waals surface area contributed by atoms with Gasteiger partial charge in [0.05, 0.1) is 16.1 Å². The molecule has 5 heteroatoms. The number of aromatic nitrogens is 2. The quantitative estimate of drug-likeness (QED) is 0.736. The fraction of sp³-hybridized carbons (Fsp3) is 0.0714. The third-order valence-corrected chi connectivity index (χ3v) is 3.27. The summed E-state index contributed by atoms with van der Waals surface area (Å²) in [7, 11) is 0. The van der Waals surface area contributed by atoms with E-state index in [4.69, 9.17) is 17.3 Å². The van der Waals surface area contributed by atoms with E-state index in [0.29, 0.717) is 17.0 Å². The fourth-order valence-electron chi connectivity index (χ4n) is 2.13. The molecule has 3 aromatic rings. The Morgan fingerprint density at radius 1 is 1.26 bits per heavy atom. The number of nitrogens with zero attached hydrogens (tertiary/aromatic N) is 2. The Hall–Kier alpha value is -2.07. The zero-order valence-electron chi connectivity index (χ0n) is 10.2. The molecule has 0 atom stereocenters. The van der Waals surface area contributed by atoms with Gasteiger partial charge in [-0.1, -0.05) is 23.7 Å². The Bertz CT molecular complexity index is 780. The maximum absolute atomic E-state index is 13.4. The highest BCUT2D eigenvalue weighted by molar-refractivity contribution is 6.31. The lowest BCUT2D eigenvalue weighted by atomic mass is 10.2. The summed E-state index contributed by atoms with van der Waals surface area (Å²) in [6, 6.07) is 10.7. The summed E-state index contributed by atoms with van der Waals surface area (Å²) in [6.07, 6.45) is 0. The topological polar surface area (TPSA) is 43.8 Å². The Balaban J connectivity index is 2.34. The standard InChI is InChI=1S/C14H11ClFN3/c1-8-3-2-4-9(5-8)19-13-6-10(15)11(16)7-12(13)18-14(19)17/h2-7H,1H3,(H2,17,18). The van der Waals surface area contributed by atoms with Crippen LogP contribution in [0, 0.1) is 12.7 Å². The van der Waals surface area contributed by atoms with Gasteiger partial charge in [-0.3, -0.25) is 4.57 Å². The second-order valence-electron chi connectivity index (χ2n) is 4.40.